The molecular formula is C62H92O26S6. The number of thioether (sulfide) groups is 6. The van der Waals surface area contributed by atoms with Crippen LogP contribution >= 0.6 is 70.6 Å². The first-order chi connectivity index (χ1) is 45.1. The summed E-state index contributed by atoms with van der Waals surface area (Å²) in [5.74, 6) is 5.53. The molecule has 26 nitrogen and oxygen atoms in total. The molecule has 0 spiro atoms. The van der Waals surface area contributed by atoms with Crippen LogP contribution in [0, 0.1) is 0 Å². The first kappa shape index (κ1) is 87.4. The molecule has 8 heterocycles. The van der Waals surface area contributed by atoms with Gasteiger partial charge in [-0.25, -0.2) is 38.4 Å². The van der Waals surface area contributed by atoms with E-state index in [1.54, 1.807) is 98.3 Å². The Bertz CT molecular complexity index is 2120. The van der Waals surface area contributed by atoms with Crippen LogP contribution in [-0.2, 0) is 124 Å². The molecule has 8 fully saturated rings. The van der Waals surface area contributed by atoms with Gasteiger partial charge in [0.1, 0.15) is 13.2 Å². The zero-order valence-electron chi connectivity index (χ0n) is 54.0. The monoisotopic (exact) mass is 1440 g/mol. The van der Waals surface area contributed by atoms with Crippen LogP contribution in [0.1, 0.15) is 40.5 Å². The third-order valence-electron chi connectivity index (χ3n) is 10.7. The summed E-state index contributed by atoms with van der Waals surface area (Å²) in [6.07, 6.45) is 3.93. The molecular weight excluding hydrogens is 1350 g/mol. The highest BCUT2D eigenvalue weighted by molar-refractivity contribution is 8.00. The van der Waals surface area contributed by atoms with Crippen LogP contribution in [0.15, 0.2) is 99.2 Å². The van der Waals surface area contributed by atoms with Crippen LogP contribution in [0.25, 0.3) is 0 Å². The van der Waals surface area contributed by atoms with Crippen molar-refractivity contribution in [2.24, 2.45) is 0 Å². The summed E-state index contributed by atoms with van der Waals surface area (Å²) in [6, 6.07) is 0. The van der Waals surface area contributed by atoms with Gasteiger partial charge >= 0.3 is 47.8 Å². The van der Waals surface area contributed by atoms with Gasteiger partial charge in [-0.3, -0.25) is 0 Å². The van der Waals surface area contributed by atoms with Crippen LogP contribution in [0.2, 0.25) is 0 Å². The summed E-state index contributed by atoms with van der Waals surface area (Å²) in [5, 5.41) is 0. The van der Waals surface area contributed by atoms with Gasteiger partial charge in [-0.05, 0) is 52.0 Å². The second-order valence-electron chi connectivity index (χ2n) is 19.0. The van der Waals surface area contributed by atoms with Gasteiger partial charge in [-0.1, -0.05) is 52.6 Å². The summed E-state index contributed by atoms with van der Waals surface area (Å²) in [7, 11) is 0. The molecule has 32 heteroatoms. The van der Waals surface area contributed by atoms with Crippen molar-refractivity contribution in [2.45, 2.75) is 89.1 Å². The lowest BCUT2D eigenvalue weighted by Gasteiger charge is -2.22. The van der Waals surface area contributed by atoms with E-state index in [1.165, 1.54) is 0 Å². The minimum absolute atomic E-state index is 0.144. The van der Waals surface area contributed by atoms with Crippen molar-refractivity contribution in [1.82, 2.24) is 0 Å². The molecule has 8 aliphatic rings. The maximum atomic E-state index is 11.1. The van der Waals surface area contributed by atoms with E-state index in [0.29, 0.717) is 102 Å². The fourth-order valence-electron chi connectivity index (χ4n) is 6.14. The zero-order valence-corrected chi connectivity index (χ0v) is 58.9. The summed E-state index contributed by atoms with van der Waals surface area (Å²) in [5.41, 5.74) is 1.33. The van der Waals surface area contributed by atoms with E-state index in [1.807, 2.05) is 0 Å². The van der Waals surface area contributed by atoms with Crippen LogP contribution < -0.4 is 0 Å². The minimum atomic E-state index is -0.567. The van der Waals surface area contributed by atoms with Gasteiger partial charge in [0.15, 0.2) is 10.9 Å². The first-order valence-corrected chi connectivity index (χ1v) is 36.1. The molecule has 0 saturated carbocycles. The molecule has 0 N–H and O–H groups in total. The molecule has 0 bridgehead atoms. The van der Waals surface area contributed by atoms with E-state index < -0.39 is 42.7 Å². The SMILES string of the molecule is C=C(C)C(=O)OC1COCCO1.C=C(C)C(=O)OC1COCCS1.C=C(C)C(=O)OC1CSCCCO1.C=C(C)C(=O)OC1CSCCO1.C=CC(=O)OC1COCCO1.C=CC(=O)OC1COCCS1.C=CC(=O)OC1CSCCCO1.C=CC(=O)OC1CSCCO1. The Balaban J connectivity index is 0.000000537. The second-order valence-corrected chi connectivity index (χ2v) is 26.1. The molecule has 0 aromatic carbocycles. The van der Waals surface area contributed by atoms with Crippen molar-refractivity contribution < 1.29 is 124 Å². The number of esters is 8. The number of carbonyl (C=O) groups is 8. The molecule has 532 valence electrons. The van der Waals surface area contributed by atoms with E-state index in [4.69, 9.17) is 85.3 Å². The van der Waals surface area contributed by atoms with E-state index in [2.05, 4.69) is 52.6 Å². The first-order valence-electron chi connectivity index (χ1n) is 29.4. The molecule has 8 aliphatic heterocycles. The van der Waals surface area contributed by atoms with Gasteiger partial charge < -0.3 is 85.3 Å². The van der Waals surface area contributed by atoms with Gasteiger partial charge in [-0.2, -0.15) is 47.0 Å². The molecule has 0 aliphatic carbocycles. The van der Waals surface area contributed by atoms with Gasteiger partial charge in [0.25, 0.3) is 0 Å². The minimum Gasteiger partial charge on any atom is -0.446 e. The summed E-state index contributed by atoms with van der Waals surface area (Å²) < 4.78 is 90.7. The molecule has 8 unspecified atom stereocenters. The van der Waals surface area contributed by atoms with Gasteiger partial charge in [0, 0.05) is 69.6 Å². The van der Waals surface area contributed by atoms with Crippen molar-refractivity contribution >= 4 is 118 Å². The van der Waals surface area contributed by atoms with E-state index in [-0.39, 0.29) is 53.6 Å². The van der Waals surface area contributed by atoms with E-state index >= 15 is 0 Å². The number of hydrogen-bond donors (Lipinski definition) is 0. The number of rotatable bonds is 16. The molecule has 0 radical (unpaired) electrons. The van der Waals surface area contributed by atoms with Gasteiger partial charge in [-0.15, -0.1) is 23.5 Å². The van der Waals surface area contributed by atoms with Gasteiger partial charge in [0.05, 0.1) is 102 Å². The fraction of sp³-hybridized carbons (Fsp3) is 0.613. The largest absolute Gasteiger partial charge is 0.446 e. The Hall–Kier alpha value is -4.62. The maximum absolute atomic E-state index is 11.1. The molecule has 8 saturated heterocycles. The summed E-state index contributed by atoms with van der Waals surface area (Å²) >= 11 is 10.1. The quantitative estimate of drug-likeness (QED) is 0.0828. The highest BCUT2D eigenvalue weighted by atomic mass is 32.2. The van der Waals surface area contributed by atoms with Crippen LogP contribution in [0.3, 0.4) is 0 Å². The molecule has 8 atom stereocenters. The number of carbonyl (C=O) groups excluding carboxylic acids is 8. The second kappa shape index (κ2) is 56.4. The maximum Gasteiger partial charge on any atom is 0.335 e. The summed E-state index contributed by atoms with van der Waals surface area (Å²) in [4.78, 5) is 86.8. The lowest BCUT2D eigenvalue weighted by molar-refractivity contribution is -0.211. The van der Waals surface area contributed by atoms with E-state index in [0.717, 1.165) is 108 Å². The van der Waals surface area contributed by atoms with Gasteiger partial charge in [0.2, 0.25) is 37.7 Å². The average Bonchev–Trinajstić information content (AvgIpc) is 3.18. The Kier molecular flexibility index (Phi) is 52.4. The predicted octanol–water partition coefficient (Wildman–Crippen LogP) is 7.35. The highest BCUT2D eigenvalue weighted by Gasteiger charge is 2.24. The van der Waals surface area contributed by atoms with Crippen LogP contribution in [-0.4, -0.2) is 246 Å². The predicted molar refractivity (Wildman–Crippen MR) is 362 cm³/mol. The van der Waals surface area contributed by atoms with Crippen molar-refractivity contribution in [3.63, 3.8) is 0 Å². The Morgan fingerprint density at radius 3 is 0.936 bits per heavy atom. The third kappa shape index (κ3) is 47.3. The van der Waals surface area contributed by atoms with Crippen LogP contribution in [0.5, 0.6) is 0 Å². The van der Waals surface area contributed by atoms with Crippen molar-refractivity contribution in [1.29, 1.82) is 0 Å². The smallest absolute Gasteiger partial charge is 0.335 e. The van der Waals surface area contributed by atoms with Crippen molar-refractivity contribution in [3.8, 4) is 0 Å². The normalized spacial score (nSPS) is 23.7. The fourth-order valence-corrected chi connectivity index (χ4v) is 11.0. The number of ether oxygens (including phenoxy) is 18. The standard InChI is InChI=1S/C9H14O3S.C8H12O4.3C8H12O3S.C7H10O4.2C7H10O3S/c1-7(2)9(10)12-8-6-13-5-3-4-11-8;1-6(2)8(9)12-7-5-10-3-4-11-7;1-6(2)8(9)11-7-5-12-4-3-10-7;1-6(2)8(9)11-7-5-10-3-4-12-7;1-2-7(9)11-8-6-12-5-3-4-10-8;1-2-6(8)11-7-5-9-3-4-10-7;1-2-6(8)10-7-5-11-4-3-9-7;1-2-6(8)10-7-5-9-3-4-11-7/h8H,1,3-6H2,2H3;3*7H,1,3-5H2,2H3;2,8H,1,3-6H2;3*2,7H,1,3-5H2. The number of hydrogen-bond acceptors (Lipinski definition) is 32. The topological polar surface area (TPSA) is 303 Å². The Morgan fingerprint density at radius 1 is 0.319 bits per heavy atom. The molecule has 94 heavy (non-hydrogen) atoms. The van der Waals surface area contributed by atoms with E-state index in [9.17, 15) is 38.4 Å². The Morgan fingerprint density at radius 2 is 0.606 bits per heavy atom. The van der Waals surface area contributed by atoms with Crippen LogP contribution in [0.4, 0.5) is 0 Å². The Labute approximate surface area is 577 Å². The molecule has 0 aromatic heterocycles. The molecule has 8 rings (SSSR count). The summed E-state index contributed by atoms with van der Waals surface area (Å²) in [6.45, 7) is 41.3. The van der Waals surface area contributed by atoms with Crippen molar-refractivity contribution in [2.75, 3.05) is 150 Å². The third-order valence-corrected chi connectivity index (χ3v) is 16.8. The zero-order chi connectivity index (χ0) is 69.7. The lowest BCUT2D eigenvalue weighted by Crippen LogP contribution is -2.32. The van der Waals surface area contributed by atoms with Crippen molar-refractivity contribution in [3.05, 3.63) is 99.2 Å². The molecule has 0 aromatic rings. The molecule has 0 amide bonds. The lowest BCUT2D eigenvalue weighted by atomic mass is 10.4. The average molecular weight is 1450 g/mol. The highest BCUT2D eigenvalue weighted by Crippen LogP contribution is 2.21.